The molecule has 3 amide bonds. The van der Waals surface area contributed by atoms with Crippen LogP contribution in [0, 0.1) is 18.6 Å². The Morgan fingerprint density at radius 2 is 2.00 bits per heavy atom. The van der Waals surface area contributed by atoms with Gasteiger partial charge in [0.25, 0.3) is 0 Å². The molecule has 0 unspecified atom stereocenters. The van der Waals surface area contributed by atoms with Crippen molar-refractivity contribution in [3.63, 3.8) is 0 Å². The largest absolute Gasteiger partial charge is 0.445 e. The summed E-state index contributed by atoms with van der Waals surface area (Å²) in [6, 6.07) is 5.53. The summed E-state index contributed by atoms with van der Waals surface area (Å²) in [6.07, 6.45) is 0. The number of furan rings is 1. The van der Waals surface area contributed by atoms with E-state index in [9.17, 15) is 18.4 Å². The first-order valence-electron chi connectivity index (χ1n) is 7.32. The van der Waals surface area contributed by atoms with E-state index in [2.05, 4.69) is 5.32 Å². The molecule has 1 saturated heterocycles. The number of nitrogens with one attached hydrogen (secondary N) is 1. The van der Waals surface area contributed by atoms with E-state index in [0.717, 1.165) is 18.2 Å². The summed E-state index contributed by atoms with van der Waals surface area (Å²) in [6.45, 7) is 2.09. The number of urea groups is 1. The third-order valence-electron chi connectivity index (χ3n) is 3.67. The highest BCUT2D eigenvalue weighted by Crippen LogP contribution is 2.21. The fourth-order valence-electron chi connectivity index (χ4n) is 2.43. The Kier molecular flexibility index (Phi) is 4.20. The second kappa shape index (κ2) is 6.31. The number of piperazine rings is 1. The molecule has 24 heavy (non-hydrogen) atoms. The standard InChI is InChI=1S/C16H15F2N3O3/c1-10-2-5-15(24-10)21-7-6-20(9-14(21)22)16(23)19-13-8-11(17)3-4-12(13)18/h2-5,8H,6-7,9H2,1H3,(H,19,23). The molecule has 1 aliphatic heterocycles. The second-order valence-electron chi connectivity index (χ2n) is 5.41. The van der Waals surface area contributed by atoms with Crippen molar-refractivity contribution >= 4 is 23.5 Å². The number of benzene rings is 1. The topological polar surface area (TPSA) is 65.8 Å². The van der Waals surface area contributed by atoms with Crippen LogP contribution < -0.4 is 10.2 Å². The van der Waals surface area contributed by atoms with Crippen molar-refractivity contribution < 1.29 is 22.8 Å². The fourth-order valence-corrected chi connectivity index (χ4v) is 2.43. The summed E-state index contributed by atoms with van der Waals surface area (Å²) in [5, 5.41) is 2.28. The fraction of sp³-hybridized carbons (Fsp3) is 0.250. The van der Waals surface area contributed by atoms with Crippen LogP contribution in [-0.2, 0) is 4.79 Å². The lowest BCUT2D eigenvalue weighted by atomic mass is 10.3. The Morgan fingerprint density at radius 1 is 1.21 bits per heavy atom. The number of rotatable bonds is 2. The molecule has 2 aromatic rings. The highest BCUT2D eigenvalue weighted by atomic mass is 19.1. The van der Waals surface area contributed by atoms with Gasteiger partial charge in [0.2, 0.25) is 11.8 Å². The lowest BCUT2D eigenvalue weighted by molar-refractivity contribution is -0.120. The third kappa shape index (κ3) is 3.22. The minimum absolute atomic E-state index is 0.178. The predicted molar refractivity (Wildman–Crippen MR) is 82.7 cm³/mol. The van der Waals surface area contributed by atoms with Crippen molar-refractivity contribution in [1.82, 2.24) is 4.90 Å². The van der Waals surface area contributed by atoms with Crippen molar-refractivity contribution in [1.29, 1.82) is 0 Å². The van der Waals surface area contributed by atoms with E-state index in [1.54, 1.807) is 19.1 Å². The Hall–Kier alpha value is -2.90. The monoisotopic (exact) mass is 335 g/mol. The zero-order valence-corrected chi connectivity index (χ0v) is 12.9. The Bertz CT molecular complexity index is 791. The molecule has 126 valence electrons. The molecule has 8 heteroatoms. The molecular weight excluding hydrogens is 320 g/mol. The maximum Gasteiger partial charge on any atom is 0.322 e. The maximum atomic E-state index is 13.6. The SMILES string of the molecule is Cc1ccc(N2CCN(C(=O)Nc3cc(F)ccc3F)CC2=O)o1. The minimum Gasteiger partial charge on any atom is -0.445 e. The summed E-state index contributed by atoms with van der Waals surface area (Å²) in [5.74, 6) is -0.625. The van der Waals surface area contributed by atoms with Gasteiger partial charge < -0.3 is 14.6 Å². The molecule has 6 nitrogen and oxygen atoms in total. The van der Waals surface area contributed by atoms with Gasteiger partial charge in [-0.15, -0.1) is 0 Å². The molecule has 0 spiro atoms. The zero-order valence-electron chi connectivity index (χ0n) is 12.9. The highest BCUT2D eigenvalue weighted by molar-refractivity contribution is 5.99. The summed E-state index contributed by atoms with van der Waals surface area (Å²) in [5.41, 5.74) is -0.267. The molecule has 0 atom stereocenters. The molecule has 0 saturated carbocycles. The first-order valence-corrected chi connectivity index (χ1v) is 7.32. The van der Waals surface area contributed by atoms with Gasteiger partial charge in [0.15, 0.2) is 0 Å². The van der Waals surface area contributed by atoms with Crippen LogP contribution in [0.3, 0.4) is 0 Å². The van der Waals surface area contributed by atoms with Gasteiger partial charge in [-0.05, 0) is 25.1 Å². The molecule has 0 aliphatic carbocycles. The smallest absolute Gasteiger partial charge is 0.322 e. The van der Waals surface area contributed by atoms with Crippen molar-refractivity contribution in [3.8, 4) is 0 Å². The van der Waals surface area contributed by atoms with Crippen molar-refractivity contribution in [2.24, 2.45) is 0 Å². The van der Waals surface area contributed by atoms with E-state index in [0.29, 0.717) is 11.6 Å². The van der Waals surface area contributed by atoms with E-state index in [1.807, 2.05) is 0 Å². The molecule has 2 heterocycles. The Balaban J connectivity index is 1.66. The van der Waals surface area contributed by atoms with Gasteiger partial charge in [0.1, 0.15) is 23.9 Å². The van der Waals surface area contributed by atoms with Crippen molar-refractivity contribution in [2.45, 2.75) is 6.92 Å². The quantitative estimate of drug-likeness (QED) is 0.918. The molecule has 0 radical (unpaired) electrons. The van der Waals surface area contributed by atoms with Crippen LogP contribution in [0.5, 0.6) is 0 Å². The van der Waals surface area contributed by atoms with E-state index < -0.39 is 17.7 Å². The van der Waals surface area contributed by atoms with Gasteiger partial charge in [-0.1, -0.05) is 0 Å². The number of aryl methyl sites for hydroxylation is 1. The Labute approximate surface area is 136 Å². The van der Waals surface area contributed by atoms with E-state index in [1.165, 1.54) is 9.80 Å². The molecule has 1 aliphatic rings. The van der Waals surface area contributed by atoms with Crippen LogP contribution in [0.25, 0.3) is 0 Å². The van der Waals surface area contributed by atoms with Crippen LogP contribution in [0.4, 0.5) is 25.1 Å². The summed E-state index contributed by atoms with van der Waals surface area (Å²) < 4.78 is 32.1. The van der Waals surface area contributed by atoms with Gasteiger partial charge in [-0.25, -0.2) is 13.6 Å². The normalized spacial score (nSPS) is 14.9. The van der Waals surface area contributed by atoms with Gasteiger partial charge in [-0.3, -0.25) is 9.69 Å². The van der Waals surface area contributed by atoms with Crippen molar-refractivity contribution in [3.05, 3.63) is 47.7 Å². The number of amides is 3. The molecule has 3 rings (SSSR count). The highest BCUT2D eigenvalue weighted by Gasteiger charge is 2.29. The van der Waals surface area contributed by atoms with Gasteiger partial charge in [0.05, 0.1) is 5.69 Å². The van der Waals surface area contributed by atoms with Crippen LogP contribution in [0.1, 0.15) is 5.76 Å². The molecule has 0 bridgehead atoms. The van der Waals surface area contributed by atoms with Gasteiger partial charge in [-0.2, -0.15) is 0 Å². The van der Waals surface area contributed by atoms with E-state index in [-0.39, 0.29) is 31.2 Å². The van der Waals surface area contributed by atoms with Gasteiger partial charge >= 0.3 is 6.03 Å². The number of carbonyl (C=O) groups is 2. The predicted octanol–water partition coefficient (Wildman–Crippen LogP) is 2.75. The van der Waals surface area contributed by atoms with Crippen LogP contribution >= 0.6 is 0 Å². The number of anilines is 2. The second-order valence-corrected chi connectivity index (χ2v) is 5.41. The molecular formula is C16H15F2N3O3. The number of halogens is 2. The third-order valence-corrected chi connectivity index (χ3v) is 3.67. The summed E-state index contributed by atoms with van der Waals surface area (Å²) in [7, 11) is 0. The zero-order chi connectivity index (χ0) is 17.3. The number of carbonyl (C=O) groups excluding carboxylic acids is 2. The Morgan fingerprint density at radius 3 is 2.67 bits per heavy atom. The van der Waals surface area contributed by atoms with Crippen LogP contribution in [-0.4, -0.2) is 36.5 Å². The summed E-state index contributed by atoms with van der Waals surface area (Å²) >= 11 is 0. The first kappa shape index (κ1) is 16.0. The van der Waals surface area contributed by atoms with Crippen LogP contribution in [0.15, 0.2) is 34.7 Å². The molecule has 1 aromatic carbocycles. The summed E-state index contributed by atoms with van der Waals surface area (Å²) in [4.78, 5) is 27.0. The average molecular weight is 335 g/mol. The average Bonchev–Trinajstić information content (AvgIpc) is 2.97. The van der Waals surface area contributed by atoms with Crippen LogP contribution in [0.2, 0.25) is 0 Å². The minimum atomic E-state index is -0.749. The molecule has 1 N–H and O–H groups in total. The number of nitrogens with zero attached hydrogens (tertiary/aromatic N) is 2. The maximum absolute atomic E-state index is 13.6. The van der Waals surface area contributed by atoms with E-state index in [4.69, 9.17) is 4.42 Å². The van der Waals surface area contributed by atoms with Crippen molar-refractivity contribution in [2.75, 3.05) is 29.9 Å². The van der Waals surface area contributed by atoms with Gasteiger partial charge in [0, 0.05) is 25.2 Å². The number of hydrogen-bond acceptors (Lipinski definition) is 3. The lowest BCUT2D eigenvalue weighted by Gasteiger charge is -2.32. The molecule has 1 aromatic heterocycles. The first-order chi connectivity index (χ1) is 11.4. The molecule has 1 fully saturated rings. The van der Waals surface area contributed by atoms with E-state index >= 15 is 0 Å². The lowest BCUT2D eigenvalue weighted by Crippen LogP contribution is -2.53. The number of hydrogen-bond donors (Lipinski definition) is 1.